The first-order chi connectivity index (χ1) is 21.4. The number of hydrogen-bond donors (Lipinski definition) is 0. The summed E-state index contributed by atoms with van der Waals surface area (Å²) in [7, 11) is 1.26. The lowest BCUT2D eigenvalue weighted by molar-refractivity contribution is -0.385. The van der Waals surface area contributed by atoms with E-state index in [4.69, 9.17) is 14.2 Å². The number of fused-ring (bicyclic) bond motifs is 1. The number of carbonyl (C=O) groups is 1. The average Bonchev–Trinajstić information content (AvgIpc) is 3.31. The van der Waals surface area contributed by atoms with Gasteiger partial charge in [0.05, 0.1) is 46.0 Å². The lowest BCUT2D eigenvalue weighted by Crippen LogP contribution is -2.39. The molecule has 4 aromatic rings. The molecule has 14 heteroatoms. The average molecular weight is 640 g/mol. The monoisotopic (exact) mass is 639 g/mol. The molecule has 1 aromatic heterocycles. The van der Waals surface area contributed by atoms with Gasteiger partial charge in [-0.3, -0.25) is 19.5 Å². The molecule has 0 saturated heterocycles. The number of hydrogen-bond acceptors (Lipinski definition) is 9. The Morgan fingerprint density at radius 2 is 1.80 bits per heavy atom. The normalized spacial score (nSPS) is 14.9. The zero-order valence-electron chi connectivity index (χ0n) is 24.0. The Balaban J connectivity index is 1.57. The first-order valence-electron chi connectivity index (χ1n) is 13.4. The summed E-state index contributed by atoms with van der Waals surface area (Å²) in [5, 5.41) is 11.5. The fourth-order valence-electron chi connectivity index (χ4n) is 4.80. The molecule has 0 spiro atoms. The third-order valence-electron chi connectivity index (χ3n) is 6.81. The first-order valence-corrected chi connectivity index (χ1v) is 14.2. The Kier molecular flexibility index (Phi) is 8.60. The van der Waals surface area contributed by atoms with Crippen LogP contribution in [0.4, 0.5) is 18.9 Å². The highest BCUT2D eigenvalue weighted by atomic mass is 32.1. The van der Waals surface area contributed by atoms with Gasteiger partial charge in [0.25, 0.3) is 5.56 Å². The van der Waals surface area contributed by atoms with Gasteiger partial charge < -0.3 is 14.2 Å². The molecule has 1 unspecified atom stereocenters. The van der Waals surface area contributed by atoms with Crippen LogP contribution < -0.4 is 24.4 Å². The predicted molar refractivity (Wildman–Crippen MR) is 158 cm³/mol. The van der Waals surface area contributed by atoms with Crippen LogP contribution >= 0.6 is 11.3 Å². The molecule has 0 bridgehead atoms. The second-order valence-electron chi connectivity index (χ2n) is 9.66. The molecule has 5 rings (SSSR count). The van der Waals surface area contributed by atoms with Gasteiger partial charge >= 0.3 is 17.8 Å². The standard InChI is InChI=1S/C31H24F3N3O7S/c1-4-43-24-14-18(10-12-23(24)44-22-13-11-20(31(32,33)34)16-21(22)37(40)41)15-25-28(38)36-27(19-8-6-5-7-9-19)26(29(39)42-3)17(2)35-30(36)45-25/h5-16,27H,4H2,1-3H3. The molecule has 0 radical (unpaired) electrons. The van der Waals surface area contributed by atoms with Crippen LogP contribution in [0.25, 0.3) is 6.08 Å². The summed E-state index contributed by atoms with van der Waals surface area (Å²) in [4.78, 5) is 42.0. The minimum absolute atomic E-state index is 0.0146. The van der Waals surface area contributed by atoms with Gasteiger partial charge in [0.15, 0.2) is 16.3 Å². The van der Waals surface area contributed by atoms with Crippen LogP contribution in [0.2, 0.25) is 0 Å². The molecule has 0 saturated carbocycles. The molecule has 0 N–H and O–H groups in total. The van der Waals surface area contributed by atoms with Crippen LogP contribution in [0.5, 0.6) is 17.2 Å². The summed E-state index contributed by atoms with van der Waals surface area (Å²) in [6, 6.07) is 14.7. The van der Waals surface area contributed by atoms with Gasteiger partial charge in [-0.2, -0.15) is 13.2 Å². The second-order valence-corrected chi connectivity index (χ2v) is 10.7. The molecule has 0 amide bonds. The summed E-state index contributed by atoms with van der Waals surface area (Å²) < 4.78 is 57.5. The van der Waals surface area contributed by atoms with E-state index in [1.807, 2.05) is 6.07 Å². The zero-order chi connectivity index (χ0) is 32.5. The fraction of sp³-hybridized carbons (Fsp3) is 0.194. The third kappa shape index (κ3) is 6.22. The number of benzene rings is 3. The Labute approximate surface area is 257 Å². The van der Waals surface area contributed by atoms with E-state index >= 15 is 0 Å². The molecule has 0 fully saturated rings. The number of esters is 1. The number of ether oxygens (including phenoxy) is 3. The molecule has 10 nitrogen and oxygen atoms in total. The van der Waals surface area contributed by atoms with Crippen molar-refractivity contribution in [1.29, 1.82) is 0 Å². The van der Waals surface area contributed by atoms with Gasteiger partial charge in [-0.15, -0.1) is 0 Å². The van der Waals surface area contributed by atoms with Crippen molar-refractivity contribution in [2.45, 2.75) is 26.1 Å². The number of carbonyl (C=O) groups excluding carboxylic acids is 1. The number of nitro groups is 1. The summed E-state index contributed by atoms with van der Waals surface area (Å²) >= 11 is 1.12. The van der Waals surface area contributed by atoms with Crippen molar-refractivity contribution >= 4 is 29.1 Å². The molecule has 0 aliphatic carbocycles. The number of methoxy groups -OCH3 is 1. The molecule has 1 aliphatic heterocycles. The van der Waals surface area contributed by atoms with Gasteiger partial charge in [-0.25, -0.2) is 9.79 Å². The number of rotatable bonds is 8. The lowest BCUT2D eigenvalue weighted by atomic mass is 9.96. The van der Waals surface area contributed by atoms with Crippen LogP contribution in [0, 0.1) is 10.1 Å². The highest BCUT2D eigenvalue weighted by molar-refractivity contribution is 7.07. The number of nitro benzene ring substituents is 1. The van der Waals surface area contributed by atoms with Crippen molar-refractivity contribution < 1.29 is 37.1 Å². The van der Waals surface area contributed by atoms with Gasteiger partial charge in [0, 0.05) is 6.07 Å². The molecule has 232 valence electrons. The van der Waals surface area contributed by atoms with Crippen LogP contribution in [-0.4, -0.2) is 29.2 Å². The quantitative estimate of drug-likeness (QED) is 0.141. The maximum absolute atomic E-state index is 13.8. The van der Waals surface area contributed by atoms with Crippen molar-refractivity contribution in [2.75, 3.05) is 13.7 Å². The minimum Gasteiger partial charge on any atom is -0.490 e. The summed E-state index contributed by atoms with van der Waals surface area (Å²) in [6.45, 7) is 3.54. The Bertz CT molecular complexity index is 2020. The molecule has 3 aromatic carbocycles. The number of allylic oxidation sites excluding steroid dienone is 1. The molecular weight excluding hydrogens is 615 g/mol. The molecule has 45 heavy (non-hydrogen) atoms. The van der Waals surface area contributed by atoms with E-state index in [-0.39, 0.29) is 23.7 Å². The van der Waals surface area contributed by atoms with Crippen LogP contribution in [0.3, 0.4) is 0 Å². The van der Waals surface area contributed by atoms with Gasteiger partial charge in [0.1, 0.15) is 0 Å². The van der Waals surface area contributed by atoms with Crippen LogP contribution in [-0.2, 0) is 15.7 Å². The van der Waals surface area contributed by atoms with Gasteiger partial charge in [-0.05, 0) is 55.3 Å². The Hall–Kier alpha value is -5.24. The highest BCUT2D eigenvalue weighted by Crippen LogP contribution is 2.40. The Morgan fingerprint density at radius 1 is 1.09 bits per heavy atom. The maximum atomic E-state index is 13.8. The zero-order valence-corrected chi connectivity index (χ0v) is 24.8. The van der Waals surface area contributed by atoms with Crippen molar-refractivity contribution in [1.82, 2.24) is 4.57 Å². The van der Waals surface area contributed by atoms with E-state index in [1.165, 1.54) is 23.8 Å². The van der Waals surface area contributed by atoms with E-state index in [9.17, 15) is 32.9 Å². The lowest BCUT2D eigenvalue weighted by Gasteiger charge is -2.24. The van der Waals surface area contributed by atoms with E-state index in [0.717, 1.165) is 17.4 Å². The maximum Gasteiger partial charge on any atom is 0.416 e. The SMILES string of the molecule is CCOc1cc(C=c2sc3n(c2=O)C(c2ccccc2)C(C(=O)OC)=C(C)N=3)ccc1Oc1ccc(C(F)(F)F)cc1[N+](=O)[O-]. The van der Waals surface area contributed by atoms with Crippen LogP contribution in [0.1, 0.15) is 36.6 Å². The summed E-state index contributed by atoms with van der Waals surface area (Å²) in [5.74, 6) is -0.864. The van der Waals surface area contributed by atoms with E-state index in [2.05, 4.69) is 4.99 Å². The molecule has 1 atom stereocenters. The van der Waals surface area contributed by atoms with Crippen molar-refractivity contribution in [3.8, 4) is 17.2 Å². The number of alkyl halides is 3. The van der Waals surface area contributed by atoms with Crippen molar-refractivity contribution in [2.24, 2.45) is 4.99 Å². The highest BCUT2D eigenvalue weighted by Gasteiger charge is 2.34. The predicted octanol–water partition coefficient (Wildman–Crippen LogP) is 5.53. The fourth-order valence-corrected chi connectivity index (χ4v) is 5.85. The second kappa shape index (κ2) is 12.4. The third-order valence-corrected chi connectivity index (χ3v) is 7.79. The molecule has 2 heterocycles. The van der Waals surface area contributed by atoms with Gasteiger partial charge in [-0.1, -0.05) is 47.7 Å². The van der Waals surface area contributed by atoms with E-state index < -0.39 is 45.7 Å². The number of thiazole rings is 1. The number of aromatic nitrogens is 1. The van der Waals surface area contributed by atoms with E-state index in [1.54, 1.807) is 50.3 Å². The Morgan fingerprint density at radius 3 is 2.44 bits per heavy atom. The number of halogens is 3. The van der Waals surface area contributed by atoms with Crippen molar-refractivity contribution in [3.63, 3.8) is 0 Å². The molecule has 1 aliphatic rings. The van der Waals surface area contributed by atoms with Gasteiger partial charge in [0.2, 0.25) is 5.75 Å². The largest absolute Gasteiger partial charge is 0.490 e. The smallest absolute Gasteiger partial charge is 0.416 e. The topological polar surface area (TPSA) is 122 Å². The van der Waals surface area contributed by atoms with E-state index in [0.29, 0.717) is 38.3 Å². The van der Waals surface area contributed by atoms with Crippen molar-refractivity contribution in [3.05, 3.63) is 124 Å². The first kappa shape index (κ1) is 31.2. The minimum atomic E-state index is -4.78. The molecular formula is C31H24F3N3O7S. The summed E-state index contributed by atoms with van der Waals surface area (Å²) in [6.07, 6.45) is -3.18. The van der Waals surface area contributed by atoms with Crippen LogP contribution in [0.15, 0.2) is 87.8 Å². The number of nitrogens with zero attached hydrogens (tertiary/aromatic N) is 3. The summed E-state index contributed by atoms with van der Waals surface area (Å²) in [5.41, 5.74) is -0.615.